The number of rotatable bonds is 5. The number of hydrogen-bond acceptors (Lipinski definition) is 5. The molecule has 2 aromatic rings. The van der Waals surface area contributed by atoms with Crippen molar-refractivity contribution in [1.29, 1.82) is 0 Å². The molecule has 0 radical (unpaired) electrons. The number of anilines is 2. The van der Waals surface area contributed by atoms with Crippen molar-refractivity contribution in [1.82, 2.24) is 10.2 Å². The van der Waals surface area contributed by atoms with E-state index in [1.807, 2.05) is 24.3 Å². The van der Waals surface area contributed by atoms with Gasteiger partial charge in [-0.2, -0.15) is 0 Å². The first kappa shape index (κ1) is 18.3. The van der Waals surface area contributed by atoms with Gasteiger partial charge in [-0.15, -0.1) is 10.2 Å². The fourth-order valence-corrected chi connectivity index (χ4v) is 3.00. The van der Waals surface area contributed by atoms with Gasteiger partial charge in [0.2, 0.25) is 0 Å². The number of ether oxygens (including phenoxy) is 1. The van der Waals surface area contributed by atoms with Gasteiger partial charge >= 0.3 is 0 Å². The molecule has 0 saturated carbocycles. The van der Waals surface area contributed by atoms with Crippen molar-refractivity contribution >= 4 is 17.4 Å². The second kappa shape index (κ2) is 7.83. The molecule has 1 aromatic carbocycles. The highest BCUT2D eigenvalue weighted by Gasteiger charge is 2.19. The highest BCUT2D eigenvalue weighted by atomic mass is 16.5. The number of hydrogen-bond donors (Lipinski definition) is 2. The lowest BCUT2D eigenvalue weighted by Gasteiger charge is -2.22. The fourth-order valence-electron chi connectivity index (χ4n) is 3.00. The molecular formula is C20H26N4O2. The van der Waals surface area contributed by atoms with Crippen LogP contribution in [0, 0.1) is 0 Å². The number of carbonyl (C=O) groups is 1. The zero-order valence-electron chi connectivity index (χ0n) is 15.6. The minimum Gasteiger partial charge on any atom is -0.376 e. The molecule has 2 heterocycles. The van der Waals surface area contributed by atoms with E-state index in [2.05, 4.69) is 41.6 Å². The predicted molar refractivity (Wildman–Crippen MR) is 103 cm³/mol. The number of aromatic nitrogens is 2. The Kier molecular flexibility index (Phi) is 5.52. The number of benzene rings is 1. The Hall–Kier alpha value is -2.47. The summed E-state index contributed by atoms with van der Waals surface area (Å²) in [6, 6.07) is 11.3. The molecule has 1 atom stereocenters. The van der Waals surface area contributed by atoms with E-state index in [1.165, 1.54) is 0 Å². The Balaban J connectivity index is 1.63. The van der Waals surface area contributed by atoms with E-state index >= 15 is 0 Å². The number of amides is 1. The molecule has 3 rings (SSSR count). The number of para-hydroxylation sites is 1. The second-order valence-corrected chi connectivity index (χ2v) is 7.57. The first-order valence-electron chi connectivity index (χ1n) is 9.03. The van der Waals surface area contributed by atoms with Crippen LogP contribution < -0.4 is 10.6 Å². The Labute approximate surface area is 154 Å². The maximum absolute atomic E-state index is 12.5. The van der Waals surface area contributed by atoms with Gasteiger partial charge in [-0.05, 0) is 42.0 Å². The molecule has 26 heavy (non-hydrogen) atoms. The topological polar surface area (TPSA) is 76.1 Å². The summed E-state index contributed by atoms with van der Waals surface area (Å²) < 4.78 is 5.57. The molecule has 6 heteroatoms. The van der Waals surface area contributed by atoms with Crippen LogP contribution >= 0.6 is 0 Å². The SMILES string of the molecule is CC(C)(C)c1ccccc1NC(=O)c1ccc(NCC2CCCO2)nn1. The molecule has 1 fully saturated rings. The van der Waals surface area contributed by atoms with Crippen LogP contribution in [0.1, 0.15) is 49.7 Å². The fraction of sp³-hybridized carbons (Fsp3) is 0.450. The summed E-state index contributed by atoms with van der Waals surface area (Å²) in [7, 11) is 0. The van der Waals surface area contributed by atoms with Crippen molar-refractivity contribution in [3.8, 4) is 0 Å². The molecule has 6 nitrogen and oxygen atoms in total. The predicted octanol–water partition coefficient (Wildman–Crippen LogP) is 3.62. The van der Waals surface area contributed by atoms with Crippen LogP contribution in [-0.4, -0.2) is 35.4 Å². The number of carbonyl (C=O) groups excluding carboxylic acids is 1. The minimum absolute atomic E-state index is 0.0638. The summed E-state index contributed by atoms with van der Waals surface area (Å²) in [5, 5.41) is 14.3. The molecule has 1 aliphatic heterocycles. The van der Waals surface area contributed by atoms with Crippen LogP contribution in [0.15, 0.2) is 36.4 Å². The third kappa shape index (κ3) is 4.58. The summed E-state index contributed by atoms with van der Waals surface area (Å²) in [4.78, 5) is 12.5. The first-order chi connectivity index (χ1) is 12.4. The van der Waals surface area contributed by atoms with E-state index in [0.29, 0.717) is 12.4 Å². The van der Waals surface area contributed by atoms with Gasteiger partial charge in [0.05, 0.1) is 6.10 Å². The van der Waals surface area contributed by atoms with Crippen LogP contribution in [0.4, 0.5) is 11.5 Å². The normalized spacial score (nSPS) is 17.1. The molecule has 0 aliphatic carbocycles. The zero-order chi connectivity index (χ0) is 18.6. The average molecular weight is 354 g/mol. The molecule has 1 aliphatic rings. The lowest BCUT2D eigenvalue weighted by atomic mass is 9.86. The van der Waals surface area contributed by atoms with Gasteiger partial charge in [-0.3, -0.25) is 4.79 Å². The van der Waals surface area contributed by atoms with E-state index in [9.17, 15) is 4.79 Å². The zero-order valence-corrected chi connectivity index (χ0v) is 15.6. The van der Waals surface area contributed by atoms with Gasteiger partial charge in [0.25, 0.3) is 5.91 Å². The number of nitrogens with zero attached hydrogens (tertiary/aromatic N) is 2. The smallest absolute Gasteiger partial charge is 0.276 e. The van der Waals surface area contributed by atoms with Crippen LogP contribution in [0.3, 0.4) is 0 Å². The average Bonchev–Trinajstić information content (AvgIpc) is 3.13. The number of nitrogens with one attached hydrogen (secondary N) is 2. The first-order valence-corrected chi connectivity index (χ1v) is 9.03. The Bertz CT molecular complexity index is 747. The lowest BCUT2D eigenvalue weighted by Crippen LogP contribution is -2.21. The Morgan fingerprint density at radius 2 is 2.00 bits per heavy atom. The van der Waals surface area contributed by atoms with Crippen molar-refractivity contribution in [3.63, 3.8) is 0 Å². The molecule has 1 saturated heterocycles. The standard InChI is InChI=1S/C20H26N4O2/c1-20(2,3)15-8-4-5-9-16(15)22-19(25)17-10-11-18(24-23-17)21-13-14-7-6-12-26-14/h4-5,8-11,14H,6-7,12-13H2,1-3H3,(H,21,24)(H,22,25). The molecule has 1 unspecified atom stereocenters. The van der Waals surface area contributed by atoms with E-state index < -0.39 is 0 Å². The molecule has 0 spiro atoms. The van der Waals surface area contributed by atoms with Crippen molar-refractivity contribution in [2.45, 2.75) is 45.1 Å². The van der Waals surface area contributed by atoms with Crippen molar-refractivity contribution in [3.05, 3.63) is 47.7 Å². The highest BCUT2D eigenvalue weighted by molar-refractivity contribution is 6.03. The maximum atomic E-state index is 12.5. The summed E-state index contributed by atoms with van der Waals surface area (Å²) in [6.45, 7) is 7.89. The summed E-state index contributed by atoms with van der Waals surface area (Å²) >= 11 is 0. The van der Waals surface area contributed by atoms with Crippen LogP contribution in [0.2, 0.25) is 0 Å². The van der Waals surface area contributed by atoms with E-state index in [0.717, 1.165) is 30.7 Å². The lowest BCUT2D eigenvalue weighted by molar-refractivity contribution is 0.102. The van der Waals surface area contributed by atoms with Crippen LogP contribution in [-0.2, 0) is 10.2 Å². The van der Waals surface area contributed by atoms with E-state index in [-0.39, 0.29) is 23.1 Å². The second-order valence-electron chi connectivity index (χ2n) is 7.57. The van der Waals surface area contributed by atoms with Gasteiger partial charge in [-0.1, -0.05) is 39.0 Å². The van der Waals surface area contributed by atoms with E-state index in [1.54, 1.807) is 12.1 Å². The minimum atomic E-state index is -0.264. The molecule has 1 aromatic heterocycles. The molecule has 0 bridgehead atoms. The monoisotopic (exact) mass is 354 g/mol. The molecular weight excluding hydrogens is 328 g/mol. The van der Waals surface area contributed by atoms with Gasteiger partial charge < -0.3 is 15.4 Å². The quantitative estimate of drug-likeness (QED) is 0.858. The summed E-state index contributed by atoms with van der Waals surface area (Å²) in [5.41, 5.74) is 2.10. The van der Waals surface area contributed by atoms with Gasteiger partial charge in [0.15, 0.2) is 5.69 Å². The van der Waals surface area contributed by atoms with Crippen molar-refractivity contribution in [2.75, 3.05) is 23.8 Å². The van der Waals surface area contributed by atoms with E-state index in [4.69, 9.17) is 4.74 Å². The Morgan fingerprint density at radius 1 is 1.19 bits per heavy atom. The molecule has 2 N–H and O–H groups in total. The Morgan fingerprint density at radius 3 is 2.65 bits per heavy atom. The van der Waals surface area contributed by atoms with Crippen molar-refractivity contribution < 1.29 is 9.53 Å². The summed E-state index contributed by atoms with van der Waals surface area (Å²) in [6.07, 6.45) is 2.40. The largest absolute Gasteiger partial charge is 0.376 e. The van der Waals surface area contributed by atoms with Gasteiger partial charge in [-0.25, -0.2) is 0 Å². The molecule has 1 amide bonds. The maximum Gasteiger partial charge on any atom is 0.276 e. The van der Waals surface area contributed by atoms with Crippen LogP contribution in [0.25, 0.3) is 0 Å². The highest BCUT2D eigenvalue weighted by Crippen LogP contribution is 2.29. The van der Waals surface area contributed by atoms with Crippen molar-refractivity contribution in [2.24, 2.45) is 0 Å². The third-order valence-corrected chi connectivity index (χ3v) is 4.42. The van der Waals surface area contributed by atoms with Crippen LogP contribution in [0.5, 0.6) is 0 Å². The van der Waals surface area contributed by atoms with Gasteiger partial charge in [0.1, 0.15) is 5.82 Å². The molecule has 138 valence electrons. The summed E-state index contributed by atoms with van der Waals surface area (Å²) in [5.74, 6) is 0.381. The third-order valence-electron chi connectivity index (χ3n) is 4.42. The van der Waals surface area contributed by atoms with Gasteiger partial charge in [0, 0.05) is 18.8 Å².